The van der Waals surface area contributed by atoms with E-state index in [9.17, 15) is 39.9 Å². The maximum absolute atomic E-state index is 16.5. The van der Waals surface area contributed by atoms with Gasteiger partial charge in [-0.05, 0) is 66.5 Å². The van der Waals surface area contributed by atoms with Crippen LogP contribution in [0.15, 0.2) is 66.7 Å². The number of benzene rings is 3. The average Bonchev–Trinajstić information content (AvgIpc) is 3.57. The van der Waals surface area contributed by atoms with Crippen molar-refractivity contribution in [2.75, 3.05) is 16.8 Å². The molecule has 0 aliphatic carbocycles. The van der Waals surface area contributed by atoms with Gasteiger partial charge >= 0.3 is 0 Å². The third-order valence-electron chi connectivity index (χ3n) is 11.6. The van der Waals surface area contributed by atoms with Crippen molar-refractivity contribution in [1.29, 1.82) is 0 Å². The number of fused-ring (bicyclic) bond motifs is 3. The van der Waals surface area contributed by atoms with Crippen molar-refractivity contribution in [3.05, 3.63) is 94.0 Å². The van der Waals surface area contributed by atoms with Gasteiger partial charge in [0, 0.05) is 34.3 Å². The van der Waals surface area contributed by atoms with Crippen molar-refractivity contribution in [2.24, 2.45) is 5.92 Å². The molecule has 4 aliphatic rings. The molecule has 3 aromatic rings. The molecule has 3 amide bonds. The topological polar surface area (TPSA) is 189 Å². The SMILES string of the molecule is C[C@@H]1[C@@H]([Si](C)(C)F)[C@H](CC(=O)N2Cc3ccccc3C[C@H]2CO)O[C@@]12C(=O)N(Cc1cccc(NC(=O)[C@H]3O[C@@H](O)[C@H](O)[C@@H](O)[C@@H]3O)c1)c1ccc(Cl)cc12. The second-order valence-electron chi connectivity index (χ2n) is 15.5. The van der Waals surface area contributed by atoms with E-state index < -0.39 is 80.1 Å². The summed E-state index contributed by atoms with van der Waals surface area (Å²) in [7, 11) is -3.62. The van der Waals surface area contributed by atoms with E-state index in [4.69, 9.17) is 21.1 Å². The molecular weight excluding hydrogens is 753 g/mol. The largest absolute Gasteiger partial charge is 0.394 e. The minimum atomic E-state index is -3.62. The number of anilines is 2. The Morgan fingerprint density at radius 3 is 2.44 bits per heavy atom. The number of hydrogen-bond donors (Lipinski definition) is 6. The van der Waals surface area contributed by atoms with Gasteiger partial charge in [-0.25, -0.2) is 0 Å². The summed E-state index contributed by atoms with van der Waals surface area (Å²) in [6.07, 6.45) is -9.68. The van der Waals surface area contributed by atoms with Crippen LogP contribution in [0.4, 0.5) is 15.5 Å². The Morgan fingerprint density at radius 2 is 1.73 bits per heavy atom. The Bertz CT molecular complexity index is 1990. The van der Waals surface area contributed by atoms with Crippen LogP contribution in [0, 0.1) is 5.92 Å². The standard InChI is InChI=1S/C39H45ClFN3O10Si/c1-20-35(55(2,3)41)29(16-30(46)43-18-23-9-5-4-8-22(23)14-26(43)19-45)54-39(20)27-15-24(40)11-12-28(27)44(38(39)52)17-21-7-6-10-25(13-21)42-36(50)34-32(48)31(47)33(49)37(51)53-34/h4-13,15,20,26,29,31-35,37,45,47-49,51H,14,16-19H2,1-3H3,(H,42,50)/t20-,26+,29+,31+,32+,33-,34+,35-,37-,39+/m1/s1. The van der Waals surface area contributed by atoms with Gasteiger partial charge in [0.05, 0.1) is 37.4 Å². The van der Waals surface area contributed by atoms with Gasteiger partial charge in [-0.3, -0.25) is 14.4 Å². The lowest BCUT2D eigenvalue weighted by atomic mass is 9.82. The number of rotatable bonds is 8. The smallest absolute Gasteiger partial charge is 0.264 e. The number of ether oxygens (including phenoxy) is 2. The highest BCUT2D eigenvalue weighted by atomic mass is 35.5. The summed E-state index contributed by atoms with van der Waals surface area (Å²) in [6, 6.07) is 18.8. The molecule has 2 saturated heterocycles. The zero-order chi connectivity index (χ0) is 39.6. The summed E-state index contributed by atoms with van der Waals surface area (Å²) in [5.74, 6) is -2.34. The monoisotopic (exact) mass is 797 g/mol. The second kappa shape index (κ2) is 15.0. The molecule has 1 spiro atoms. The summed E-state index contributed by atoms with van der Waals surface area (Å²) in [5.41, 5.74) is 1.38. The summed E-state index contributed by atoms with van der Waals surface area (Å²) in [5, 5.41) is 53.2. The molecule has 4 heterocycles. The number of halogens is 2. The molecule has 4 aliphatic heterocycles. The summed E-state index contributed by atoms with van der Waals surface area (Å²) < 4.78 is 28.3. The van der Waals surface area contributed by atoms with Crippen molar-refractivity contribution in [2.45, 2.75) is 99.9 Å². The third-order valence-corrected chi connectivity index (χ3v) is 14.3. The molecular formula is C39H45ClFN3O10Si. The lowest BCUT2D eigenvalue weighted by Gasteiger charge is -2.37. The second-order valence-corrected chi connectivity index (χ2v) is 19.7. The number of nitrogens with one attached hydrogen (secondary N) is 1. The summed E-state index contributed by atoms with van der Waals surface area (Å²) in [6.45, 7) is 4.94. The van der Waals surface area contributed by atoms with Gasteiger partial charge in [0.15, 0.2) is 18.0 Å². The molecule has 55 heavy (non-hydrogen) atoms. The van der Waals surface area contributed by atoms with Crippen LogP contribution in [0.1, 0.15) is 35.6 Å². The van der Waals surface area contributed by atoms with Gasteiger partial charge in [0.1, 0.15) is 18.3 Å². The van der Waals surface area contributed by atoms with E-state index in [1.54, 1.807) is 67.4 Å². The van der Waals surface area contributed by atoms with Crippen LogP contribution in [0.25, 0.3) is 0 Å². The molecule has 10 atom stereocenters. The van der Waals surface area contributed by atoms with E-state index in [1.807, 2.05) is 24.3 Å². The van der Waals surface area contributed by atoms with Gasteiger partial charge in [0.2, 0.25) is 14.3 Å². The highest BCUT2D eigenvalue weighted by Crippen LogP contribution is 2.60. The van der Waals surface area contributed by atoms with E-state index >= 15 is 4.11 Å². The van der Waals surface area contributed by atoms with E-state index in [0.29, 0.717) is 34.8 Å². The predicted octanol–water partition coefficient (Wildman–Crippen LogP) is 2.74. The number of aliphatic hydroxyl groups excluding tert-OH is 5. The summed E-state index contributed by atoms with van der Waals surface area (Å²) >= 11 is 6.53. The zero-order valence-electron chi connectivity index (χ0n) is 30.5. The van der Waals surface area contributed by atoms with Crippen LogP contribution in [0.5, 0.6) is 0 Å². The Balaban J connectivity index is 1.15. The van der Waals surface area contributed by atoms with Crippen LogP contribution in [-0.4, -0.2) is 106 Å². The molecule has 2 fully saturated rings. The van der Waals surface area contributed by atoms with Crippen molar-refractivity contribution in [1.82, 2.24) is 4.90 Å². The highest BCUT2D eigenvalue weighted by Gasteiger charge is 2.67. The molecule has 0 aromatic heterocycles. The maximum atomic E-state index is 16.5. The number of hydrogen-bond acceptors (Lipinski definition) is 10. The van der Waals surface area contributed by atoms with Gasteiger partial charge in [0.25, 0.3) is 11.8 Å². The van der Waals surface area contributed by atoms with Gasteiger partial charge in [-0.1, -0.05) is 54.9 Å². The van der Waals surface area contributed by atoms with E-state index in [2.05, 4.69) is 5.32 Å². The number of nitrogens with zero attached hydrogens (tertiary/aromatic N) is 2. The lowest BCUT2D eigenvalue weighted by molar-refractivity contribution is -0.274. The van der Waals surface area contributed by atoms with Crippen LogP contribution in [0.2, 0.25) is 23.7 Å². The van der Waals surface area contributed by atoms with E-state index in [1.165, 1.54) is 4.90 Å². The molecule has 3 aromatic carbocycles. The fraction of sp³-hybridized carbons (Fsp3) is 0.462. The first-order valence-electron chi connectivity index (χ1n) is 18.3. The lowest BCUT2D eigenvalue weighted by Crippen LogP contribution is -2.60. The first kappa shape index (κ1) is 39.5. The van der Waals surface area contributed by atoms with Crippen molar-refractivity contribution >= 4 is 49.1 Å². The van der Waals surface area contributed by atoms with Crippen molar-refractivity contribution in [3.63, 3.8) is 0 Å². The van der Waals surface area contributed by atoms with Crippen LogP contribution >= 0.6 is 11.6 Å². The molecule has 13 nitrogen and oxygen atoms in total. The first-order valence-corrected chi connectivity index (χ1v) is 21.6. The number of carbonyl (C=O) groups excluding carboxylic acids is 3. The fourth-order valence-electron chi connectivity index (χ4n) is 8.93. The van der Waals surface area contributed by atoms with E-state index in [0.717, 1.165) is 11.1 Å². The molecule has 16 heteroatoms. The molecule has 0 bridgehead atoms. The molecule has 0 unspecified atom stereocenters. The molecule has 0 radical (unpaired) electrons. The molecule has 294 valence electrons. The minimum absolute atomic E-state index is 0.00272. The molecule has 6 N–H and O–H groups in total. The van der Waals surface area contributed by atoms with E-state index in [-0.39, 0.29) is 31.2 Å². The van der Waals surface area contributed by atoms with Gasteiger partial charge < -0.3 is 54.2 Å². The first-order chi connectivity index (χ1) is 26.0. The minimum Gasteiger partial charge on any atom is -0.394 e. The van der Waals surface area contributed by atoms with Crippen LogP contribution in [0.3, 0.4) is 0 Å². The number of aliphatic hydroxyl groups is 5. The number of carbonyl (C=O) groups is 3. The Morgan fingerprint density at radius 1 is 1.00 bits per heavy atom. The third kappa shape index (κ3) is 7.00. The van der Waals surface area contributed by atoms with Gasteiger partial charge in [-0.2, -0.15) is 0 Å². The predicted molar refractivity (Wildman–Crippen MR) is 201 cm³/mol. The zero-order valence-corrected chi connectivity index (χ0v) is 32.3. The summed E-state index contributed by atoms with van der Waals surface area (Å²) in [4.78, 5) is 45.2. The molecule has 0 saturated carbocycles. The average molecular weight is 798 g/mol. The fourth-order valence-corrected chi connectivity index (χ4v) is 11.6. The van der Waals surface area contributed by atoms with Gasteiger partial charge in [-0.15, -0.1) is 0 Å². The highest BCUT2D eigenvalue weighted by molar-refractivity contribution is 6.72. The van der Waals surface area contributed by atoms with Crippen LogP contribution in [-0.2, 0) is 49.0 Å². The van der Waals surface area contributed by atoms with Crippen molar-refractivity contribution < 1.29 is 53.5 Å². The molecule has 7 rings (SSSR count). The van der Waals surface area contributed by atoms with Crippen molar-refractivity contribution in [3.8, 4) is 0 Å². The Hall–Kier alpha value is -3.77. The number of amides is 3. The van der Waals surface area contributed by atoms with Crippen LogP contribution < -0.4 is 10.2 Å². The Kier molecular flexibility index (Phi) is 10.7. The Labute approximate surface area is 323 Å². The normalized spacial score (nSPS) is 31.7. The maximum Gasteiger partial charge on any atom is 0.264 e. The quantitative estimate of drug-likeness (QED) is 0.146.